The Morgan fingerprint density at radius 2 is 1.51 bits per heavy atom. The van der Waals surface area contributed by atoms with Crippen LogP contribution in [-0.4, -0.2) is 58.2 Å². The second kappa shape index (κ2) is 13.4. The van der Waals surface area contributed by atoms with E-state index in [0.29, 0.717) is 12.1 Å². The molecule has 0 aliphatic carbocycles. The highest BCUT2D eigenvalue weighted by molar-refractivity contribution is 9.10. The number of aryl methyl sites for hydroxylation is 1. The molecular formula is C29H39BrN2O3. The van der Waals surface area contributed by atoms with Crippen LogP contribution < -0.4 is 0 Å². The lowest BCUT2D eigenvalue weighted by Crippen LogP contribution is -2.37. The van der Waals surface area contributed by atoms with E-state index in [2.05, 4.69) is 34.7 Å². The third kappa shape index (κ3) is 7.04. The van der Waals surface area contributed by atoms with Crippen molar-refractivity contribution in [3.8, 4) is 0 Å². The number of carbonyl (C=O) groups is 1. The number of aliphatic hydroxyl groups is 2. The average molecular weight is 544 g/mol. The summed E-state index contributed by atoms with van der Waals surface area (Å²) in [6.45, 7) is 10.0. The molecule has 0 radical (unpaired) electrons. The van der Waals surface area contributed by atoms with Crippen molar-refractivity contribution in [1.82, 2.24) is 9.80 Å². The van der Waals surface area contributed by atoms with Crippen molar-refractivity contribution < 1.29 is 15.0 Å². The third-order valence-corrected chi connectivity index (χ3v) is 7.26. The number of benzene rings is 2. The number of ketones is 1. The number of rotatable bonds is 12. The van der Waals surface area contributed by atoms with Gasteiger partial charge in [-0.05, 0) is 63.5 Å². The van der Waals surface area contributed by atoms with Gasteiger partial charge in [0.25, 0.3) is 0 Å². The van der Waals surface area contributed by atoms with Crippen LogP contribution in [0.3, 0.4) is 0 Å². The van der Waals surface area contributed by atoms with E-state index in [4.69, 9.17) is 0 Å². The Morgan fingerprint density at radius 1 is 0.943 bits per heavy atom. The van der Waals surface area contributed by atoms with E-state index in [0.717, 1.165) is 41.7 Å². The average Bonchev–Trinajstić information content (AvgIpc) is 3.10. The van der Waals surface area contributed by atoms with Gasteiger partial charge < -0.3 is 15.1 Å². The fraction of sp³-hybridized carbons (Fsp3) is 0.483. The molecule has 0 spiro atoms. The highest BCUT2D eigenvalue weighted by atomic mass is 79.9. The van der Waals surface area contributed by atoms with Gasteiger partial charge in [0.2, 0.25) is 5.78 Å². The van der Waals surface area contributed by atoms with E-state index in [-0.39, 0.29) is 11.3 Å². The Kier molecular flexibility index (Phi) is 10.5. The maximum Gasteiger partial charge on any atom is 0.208 e. The van der Waals surface area contributed by atoms with Gasteiger partial charge in [-0.15, -0.1) is 0 Å². The van der Waals surface area contributed by atoms with Crippen molar-refractivity contribution in [2.45, 2.75) is 65.1 Å². The van der Waals surface area contributed by atoms with Crippen LogP contribution in [0.4, 0.5) is 0 Å². The highest BCUT2D eigenvalue weighted by Gasteiger charge is 2.46. The van der Waals surface area contributed by atoms with E-state index in [9.17, 15) is 15.0 Å². The van der Waals surface area contributed by atoms with Crippen molar-refractivity contribution in [1.29, 1.82) is 0 Å². The predicted octanol–water partition coefficient (Wildman–Crippen LogP) is 6.26. The van der Waals surface area contributed by atoms with Gasteiger partial charge in [-0.2, -0.15) is 0 Å². The molecule has 0 saturated carbocycles. The van der Waals surface area contributed by atoms with E-state index in [1.807, 2.05) is 60.4 Å². The summed E-state index contributed by atoms with van der Waals surface area (Å²) in [7, 11) is 0. The van der Waals surface area contributed by atoms with Crippen LogP contribution >= 0.6 is 15.9 Å². The zero-order valence-electron chi connectivity index (χ0n) is 21.2. The molecule has 6 heteroatoms. The van der Waals surface area contributed by atoms with Crippen LogP contribution in [0.15, 0.2) is 58.6 Å². The van der Waals surface area contributed by atoms with Crippen molar-refractivity contribution in [2.75, 3.05) is 26.2 Å². The minimum atomic E-state index is -1.27. The fourth-order valence-corrected chi connectivity index (χ4v) is 4.94. The van der Waals surface area contributed by atoms with Crippen LogP contribution in [-0.2, 0) is 4.79 Å². The van der Waals surface area contributed by atoms with Crippen LogP contribution in [0, 0.1) is 6.92 Å². The van der Waals surface area contributed by atoms with Crippen molar-refractivity contribution in [3.05, 3.63) is 75.3 Å². The van der Waals surface area contributed by atoms with E-state index in [1.165, 1.54) is 25.7 Å². The molecule has 2 aromatic carbocycles. The Labute approximate surface area is 218 Å². The second-order valence-corrected chi connectivity index (χ2v) is 10.4. The van der Waals surface area contributed by atoms with Crippen molar-refractivity contribution in [3.63, 3.8) is 0 Å². The molecular weight excluding hydrogens is 504 g/mol. The Balaban J connectivity index is 1.89. The third-order valence-electron chi connectivity index (χ3n) is 6.73. The molecule has 35 heavy (non-hydrogen) atoms. The summed E-state index contributed by atoms with van der Waals surface area (Å²) in [4.78, 5) is 17.6. The van der Waals surface area contributed by atoms with Gasteiger partial charge in [0, 0.05) is 16.6 Å². The number of unbranched alkanes of at least 4 members (excludes halogenated alkanes) is 2. The van der Waals surface area contributed by atoms with Gasteiger partial charge in [0.1, 0.15) is 5.76 Å². The largest absolute Gasteiger partial charge is 0.507 e. The van der Waals surface area contributed by atoms with E-state index >= 15 is 0 Å². The van der Waals surface area contributed by atoms with Gasteiger partial charge in [0.05, 0.1) is 11.6 Å². The zero-order chi connectivity index (χ0) is 25.4. The molecule has 0 amide bonds. The molecule has 3 rings (SSSR count). The summed E-state index contributed by atoms with van der Waals surface area (Å²) in [6, 6.07) is 14.7. The molecule has 2 N–H and O–H groups in total. The van der Waals surface area contributed by atoms with E-state index in [1.54, 1.807) is 0 Å². The quantitative estimate of drug-likeness (QED) is 0.244. The molecule has 0 unspecified atom stereocenters. The second-order valence-electron chi connectivity index (χ2n) is 9.46. The lowest BCUT2D eigenvalue weighted by molar-refractivity contribution is -0.127. The minimum Gasteiger partial charge on any atom is -0.507 e. The molecule has 190 valence electrons. The standard InChI is InChI=1S/C29H39BrN2O3/c1-4-6-17-31(18-7-5-2)19-8-20-32-26(22-13-15-24(30)16-14-22)25(28(34)29(32)35)27(33)23-11-9-21(3)10-12-23/h9-16,26,29,33,35H,4-8,17-20H2,1-3H3/t26-,29+/m1/s1. The number of halogens is 1. The molecule has 1 heterocycles. The number of Topliss-reactive ketones (excluding diaryl/α,β-unsaturated/α-hetero) is 1. The minimum absolute atomic E-state index is 0.0583. The van der Waals surface area contributed by atoms with Gasteiger partial charge in [0.15, 0.2) is 6.23 Å². The summed E-state index contributed by atoms with van der Waals surface area (Å²) in [5, 5.41) is 22.2. The smallest absolute Gasteiger partial charge is 0.208 e. The fourth-order valence-electron chi connectivity index (χ4n) is 4.67. The van der Waals surface area contributed by atoms with Gasteiger partial charge in [-0.25, -0.2) is 0 Å². The summed E-state index contributed by atoms with van der Waals surface area (Å²) in [5.74, 6) is -0.484. The maximum atomic E-state index is 13.3. The summed E-state index contributed by atoms with van der Waals surface area (Å²) in [5.41, 5.74) is 2.80. The molecule has 5 nitrogen and oxygen atoms in total. The zero-order valence-corrected chi connectivity index (χ0v) is 22.8. The number of aliphatic hydroxyl groups excluding tert-OH is 2. The molecule has 1 aliphatic heterocycles. The maximum absolute atomic E-state index is 13.3. The molecule has 2 atom stereocenters. The van der Waals surface area contributed by atoms with E-state index < -0.39 is 18.1 Å². The predicted molar refractivity (Wildman–Crippen MR) is 146 cm³/mol. The van der Waals surface area contributed by atoms with Crippen molar-refractivity contribution in [2.24, 2.45) is 0 Å². The molecule has 1 fully saturated rings. The first-order valence-electron chi connectivity index (χ1n) is 12.8. The number of likely N-dealkylation sites (tertiary alicyclic amines) is 1. The topological polar surface area (TPSA) is 64.0 Å². The Hall–Kier alpha value is -1.99. The molecule has 1 aliphatic rings. The molecule has 0 aromatic heterocycles. The lowest BCUT2D eigenvalue weighted by Gasteiger charge is -2.29. The van der Waals surface area contributed by atoms with Gasteiger partial charge >= 0.3 is 0 Å². The van der Waals surface area contributed by atoms with Gasteiger partial charge in [-0.3, -0.25) is 9.69 Å². The molecule has 1 saturated heterocycles. The van der Waals surface area contributed by atoms with Crippen molar-refractivity contribution >= 4 is 27.5 Å². The summed E-state index contributed by atoms with van der Waals surface area (Å²) in [6.07, 6.45) is 4.25. The van der Waals surface area contributed by atoms with Crippen LogP contribution in [0.1, 0.15) is 68.7 Å². The lowest BCUT2D eigenvalue weighted by atomic mass is 9.95. The Morgan fingerprint density at radius 3 is 2.09 bits per heavy atom. The SMILES string of the molecule is CCCCN(CCCC)CCCN1[C@@H](O)C(=O)C(=C(O)c2ccc(C)cc2)[C@H]1c1ccc(Br)cc1. The molecule has 0 bridgehead atoms. The summed E-state index contributed by atoms with van der Waals surface area (Å²) >= 11 is 3.48. The summed E-state index contributed by atoms with van der Waals surface area (Å²) < 4.78 is 0.938. The first kappa shape index (κ1) is 27.6. The number of nitrogens with zero attached hydrogens (tertiary/aromatic N) is 2. The normalized spacial score (nSPS) is 20.1. The van der Waals surface area contributed by atoms with Gasteiger partial charge in [-0.1, -0.05) is 84.6 Å². The number of carbonyl (C=O) groups excluding carboxylic acids is 1. The molecule has 2 aromatic rings. The number of hydrogen-bond acceptors (Lipinski definition) is 5. The first-order chi connectivity index (χ1) is 16.9. The number of hydrogen-bond donors (Lipinski definition) is 2. The Bertz CT molecular complexity index is 980. The van der Waals surface area contributed by atoms with Crippen LogP contribution in [0.5, 0.6) is 0 Å². The van der Waals surface area contributed by atoms with Crippen LogP contribution in [0.2, 0.25) is 0 Å². The van der Waals surface area contributed by atoms with Crippen LogP contribution in [0.25, 0.3) is 5.76 Å². The highest BCUT2D eigenvalue weighted by Crippen LogP contribution is 2.41. The first-order valence-corrected chi connectivity index (χ1v) is 13.6. The monoisotopic (exact) mass is 542 g/mol.